The molecule has 0 aliphatic rings. The number of nitrogens with one attached hydrogen (secondary N) is 1. The molecule has 1 aromatic rings. The molecule has 3 N–H and O–H groups in total. The first-order valence-corrected chi connectivity index (χ1v) is 8.09. The fourth-order valence-corrected chi connectivity index (χ4v) is 2.59. The van der Waals surface area contributed by atoms with Crippen LogP contribution in [0.2, 0.25) is 0 Å². The van der Waals surface area contributed by atoms with Crippen molar-refractivity contribution < 1.29 is 4.74 Å². The molecule has 0 aromatic heterocycles. The number of hydrogen-bond donors (Lipinski definition) is 2. The molecule has 0 amide bonds. The van der Waals surface area contributed by atoms with Crippen molar-refractivity contribution in [1.82, 2.24) is 5.43 Å². The maximum Gasteiger partial charge on any atom is 0.0744 e. The first-order chi connectivity index (χ1) is 9.92. The van der Waals surface area contributed by atoms with Crippen LogP contribution >= 0.6 is 0 Å². The van der Waals surface area contributed by atoms with E-state index < -0.39 is 0 Å². The molecule has 0 saturated carbocycles. The Morgan fingerprint density at radius 1 is 1.14 bits per heavy atom. The minimum absolute atomic E-state index is 0.158. The van der Waals surface area contributed by atoms with Crippen LogP contribution in [0.15, 0.2) is 24.3 Å². The number of nitrogens with two attached hydrogens (primary N) is 1. The normalized spacial score (nSPS) is 15.0. The monoisotopic (exact) mass is 292 g/mol. The SMILES string of the molecule is CCCC(OCC)C(Cc1ccc(C(C)(C)C)cc1)NN. The van der Waals surface area contributed by atoms with Crippen LogP contribution < -0.4 is 11.3 Å². The van der Waals surface area contributed by atoms with Crippen LogP contribution in [0.5, 0.6) is 0 Å². The number of hydrogen-bond acceptors (Lipinski definition) is 3. The summed E-state index contributed by atoms with van der Waals surface area (Å²) in [5.41, 5.74) is 5.79. The van der Waals surface area contributed by atoms with Gasteiger partial charge < -0.3 is 4.74 Å². The van der Waals surface area contributed by atoms with Gasteiger partial charge in [-0.2, -0.15) is 0 Å². The van der Waals surface area contributed by atoms with Crippen molar-refractivity contribution in [2.45, 2.75) is 71.4 Å². The van der Waals surface area contributed by atoms with Crippen molar-refractivity contribution >= 4 is 0 Å². The van der Waals surface area contributed by atoms with Gasteiger partial charge in [0.15, 0.2) is 0 Å². The largest absolute Gasteiger partial charge is 0.377 e. The third kappa shape index (κ3) is 5.77. The number of hydrazine groups is 1. The average molecular weight is 292 g/mol. The molecule has 2 atom stereocenters. The summed E-state index contributed by atoms with van der Waals surface area (Å²) in [5, 5.41) is 0. The van der Waals surface area contributed by atoms with E-state index in [0.29, 0.717) is 0 Å². The van der Waals surface area contributed by atoms with Crippen LogP contribution in [0.4, 0.5) is 0 Å². The lowest BCUT2D eigenvalue weighted by Gasteiger charge is -2.26. The van der Waals surface area contributed by atoms with E-state index in [-0.39, 0.29) is 17.6 Å². The summed E-state index contributed by atoms with van der Waals surface area (Å²) in [7, 11) is 0. The van der Waals surface area contributed by atoms with Gasteiger partial charge in [-0.05, 0) is 36.3 Å². The molecule has 3 nitrogen and oxygen atoms in total. The van der Waals surface area contributed by atoms with Gasteiger partial charge >= 0.3 is 0 Å². The Morgan fingerprint density at radius 3 is 2.19 bits per heavy atom. The van der Waals surface area contributed by atoms with Gasteiger partial charge in [-0.15, -0.1) is 0 Å². The molecule has 2 unspecified atom stereocenters. The maximum atomic E-state index is 5.84. The summed E-state index contributed by atoms with van der Waals surface area (Å²) in [4.78, 5) is 0. The van der Waals surface area contributed by atoms with E-state index in [1.54, 1.807) is 0 Å². The Kier molecular flexibility index (Phi) is 7.36. The second-order valence-corrected chi connectivity index (χ2v) is 6.71. The number of benzene rings is 1. The molecule has 0 spiro atoms. The molecular formula is C18H32N2O. The summed E-state index contributed by atoms with van der Waals surface area (Å²) in [6.07, 6.45) is 3.20. The lowest BCUT2D eigenvalue weighted by Crippen LogP contribution is -2.46. The van der Waals surface area contributed by atoms with E-state index in [0.717, 1.165) is 25.9 Å². The molecule has 0 bridgehead atoms. The minimum Gasteiger partial charge on any atom is -0.377 e. The first kappa shape index (κ1) is 18.1. The van der Waals surface area contributed by atoms with Crippen LogP contribution in [-0.4, -0.2) is 18.8 Å². The highest BCUT2D eigenvalue weighted by atomic mass is 16.5. The zero-order valence-corrected chi connectivity index (χ0v) is 14.3. The quantitative estimate of drug-likeness (QED) is 0.569. The Hall–Kier alpha value is -0.900. The molecule has 0 saturated heterocycles. The molecule has 0 fully saturated rings. The Morgan fingerprint density at radius 2 is 1.76 bits per heavy atom. The lowest BCUT2D eigenvalue weighted by atomic mass is 9.86. The van der Waals surface area contributed by atoms with E-state index in [1.165, 1.54) is 11.1 Å². The number of rotatable bonds is 8. The van der Waals surface area contributed by atoms with E-state index in [1.807, 2.05) is 6.92 Å². The lowest BCUT2D eigenvalue weighted by molar-refractivity contribution is 0.0281. The second-order valence-electron chi connectivity index (χ2n) is 6.71. The van der Waals surface area contributed by atoms with E-state index in [9.17, 15) is 0 Å². The van der Waals surface area contributed by atoms with Gasteiger partial charge in [0, 0.05) is 6.61 Å². The first-order valence-electron chi connectivity index (χ1n) is 8.09. The van der Waals surface area contributed by atoms with E-state index >= 15 is 0 Å². The molecule has 3 heteroatoms. The molecule has 0 aliphatic carbocycles. The predicted octanol–water partition coefficient (Wildman–Crippen LogP) is 3.56. The zero-order valence-electron chi connectivity index (χ0n) is 14.3. The third-order valence-electron chi connectivity index (χ3n) is 3.89. The van der Waals surface area contributed by atoms with E-state index in [4.69, 9.17) is 10.6 Å². The van der Waals surface area contributed by atoms with Gasteiger partial charge in [-0.1, -0.05) is 58.4 Å². The second kappa shape index (κ2) is 8.52. The van der Waals surface area contributed by atoms with Crippen molar-refractivity contribution in [2.24, 2.45) is 5.84 Å². The summed E-state index contributed by atoms with van der Waals surface area (Å²) in [6, 6.07) is 9.02. The Bertz CT molecular complexity index is 389. The van der Waals surface area contributed by atoms with Gasteiger partial charge in [-0.3, -0.25) is 11.3 Å². The highest BCUT2D eigenvalue weighted by Gasteiger charge is 2.21. The molecule has 120 valence electrons. The molecule has 1 rings (SSSR count). The van der Waals surface area contributed by atoms with Crippen molar-refractivity contribution in [3.05, 3.63) is 35.4 Å². The number of ether oxygens (including phenoxy) is 1. The van der Waals surface area contributed by atoms with Gasteiger partial charge in [-0.25, -0.2) is 0 Å². The van der Waals surface area contributed by atoms with Gasteiger partial charge in [0.05, 0.1) is 12.1 Å². The standard InChI is InChI=1S/C18H32N2O/c1-6-8-17(21-7-2)16(20-19)13-14-9-11-15(12-10-14)18(3,4)5/h9-12,16-17,20H,6-8,13,19H2,1-5H3. The Balaban J connectivity index is 2.76. The summed E-state index contributed by atoms with van der Waals surface area (Å²) >= 11 is 0. The average Bonchev–Trinajstić information content (AvgIpc) is 2.44. The Labute approximate surface area is 130 Å². The van der Waals surface area contributed by atoms with Gasteiger partial charge in [0.25, 0.3) is 0 Å². The molecule has 21 heavy (non-hydrogen) atoms. The fraction of sp³-hybridized carbons (Fsp3) is 0.667. The van der Waals surface area contributed by atoms with Crippen molar-refractivity contribution in [3.8, 4) is 0 Å². The summed E-state index contributed by atoms with van der Waals surface area (Å²) in [5.74, 6) is 5.75. The van der Waals surface area contributed by atoms with Crippen LogP contribution in [-0.2, 0) is 16.6 Å². The third-order valence-corrected chi connectivity index (χ3v) is 3.89. The molecule has 1 aromatic carbocycles. The molecule has 0 radical (unpaired) electrons. The maximum absolute atomic E-state index is 5.84. The van der Waals surface area contributed by atoms with E-state index in [2.05, 4.69) is 57.4 Å². The van der Waals surface area contributed by atoms with Crippen LogP contribution in [0.3, 0.4) is 0 Å². The van der Waals surface area contributed by atoms with Crippen molar-refractivity contribution in [2.75, 3.05) is 6.61 Å². The minimum atomic E-state index is 0.158. The summed E-state index contributed by atoms with van der Waals surface area (Å²) in [6.45, 7) is 11.6. The summed E-state index contributed by atoms with van der Waals surface area (Å²) < 4.78 is 5.84. The highest BCUT2D eigenvalue weighted by Crippen LogP contribution is 2.23. The molecular weight excluding hydrogens is 260 g/mol. The van der Waals surface area contributed by atoms with Gasteiger partial charge in [0.2, 0.25) is 0 Å². The smallest absolute Gasteiger partial charge is 0.0744 e. The predicted molar refractivity (Wildman–Crippen MR) is 90.3 cm³/mol. The van der Waals surface area contributed by atoms with Gasteiger partial charge in [0.1, 0.15) is 0 Å². The zero-order chi connectivity index (χ0) is 15.9. The van der Waals surface area contributed by atoms with Crippen LogP contribution in [0, 0.1) is 0 Å². The van der Waals surface area contributed by atoms with Crippen LogP contribution in [0.25, 0.3) is 0 Å². The van der Waals surface area contributed by atoms with Crippen molar-refractivity contribution in [1.29, 1.82) is 0 Å². The topological polar surface area (TPSA) is 47.3 Å². The highest BCUT2D eigenvalue weighted by molar-refractivity contribution is 5.28. The van der Waals surface area contributed by atoms with Crippen molar-refractivity contribution in [3.63, 3.8) is 0 Å². The van der Waals surface area contributed by atoms with Crippen LogP contribution in [0.1, 0.15) is 58.6 Å². The molecule has 0 aliphatic heterocycles. The fourth-order valence-electron chi connectivity index (χ4n) is 2.59. The molecule has 0 heterocycles.